The number of thiazole rings is 1. The Morgan fingerprint density at radius 2 is 2.50 bits per heavy atom. The van der Waals surface area contributed by atoms with Gasteiger partial charge in [-0.1, -0.05) is 0 Å². The monoisotopic (exact) mass is 282 g/mol. The molecule has 2 aromatic rings. The third-order valence-electron chi connectivity index (χ3n) is 2.71. The highest BCUT2D eigenvalue weighted by Crippen LogP contribution is 2.18. The summed E-state index contributed by atoms with van der Waals surface area (Å²) < 4.78 is 13.5. The van der Waals surface area contributed by atoms with Gasteiger partial charge in [-0.15, -0.1) is 15.7 Å². The van der Waals surface area contributed by atoms with Crippen LogP contribution in [0.3, 0.4) is 0 Å². The molecule has 0 aliphatic carbocycles. The van der Waals surface area contributed by atoms with E-state index in [-0.39, 0.29) is 12.0 Å². The van der Waals surface area contributed by atoms with Gasteiger partial charge in [-0.2, -0.15) is 4.37 Å². The SMILES string of the molecule is O=C(c1cscn1)N1CCC(Oc2cnsn2)C1. The summed E-state index contributed by atoms with van der Waals surface area (Å²) in [6.45, 7) is 1.27. The van der Waals surface area contributed by atoms with Gasteiger partial charge in [0.05, 0.1) is 23.8 Å². The Balaban J connectivity index is 1.60. The van der Waals surface area contributed by atoms with Crippen molar-refractivity contribution in [2.24, 2.45) is 0 Å². The second-order valence-electron chi connectivity index (χ2n) is 3.90. The predicted molar refractivity (Wildman–Crippen MR) is 67.0 cm³/mol. The highest BCUT2D eigenvalue weighted by atomic mass is 32.1. The molecular formula is C10H10N4O2S2. The molecule has 2 aromatic heterocycles. The largest absolute Gasteiger partial charge is 0.471 e. The summed E-state index contributed by atoms with van der Waals surface area (Å²) in [7, 11) is 0. The summed E-state index contributed by atoms with van der Waals surface area (Å²) in [5.41, 5.74) is 2.18. The third kappa shape index (κ3) is 2.34. The van der Waals surface area contributed by atoms with Crippen molar-refractivity contribution >= 4 is 29.0 Å². The number of amides is 1. The van der Waals surface area contributed by atoms with Crippen molar-refractivity contribution in [3.05, 3.63) is 22.8 Å². The number of likely N-dealkylation sites (tertiary alicyclic amines) is 1. The summed E-state index contributed by atoms with van der Waals surface area (Å²) in [6.07, 6.45) is 2.40. The smallest absolute Gasteiger partial charge is 0.273 e. The van der Waals surface area contributed by atoms with Gasteiger partial charge < -0.3 is 9.64 Å². The number of hydrogen-bond acceptors (Lipinski definition) is 7. The summed E-state index contributed by atoms with van der Waals surface area (Å²) in [5.74, 6) is 0.506. The first-order valence-corrected chi connectivity index (χ1v) is 7.12. The van der Waals surface area contributed by atoms with Crippen LogP contribution in [0.4, 0.5) is 0 Å². The topological polar surface area (TPSA) is 68.2 Å². The van der Waals surface area contributed by atoms with E-state index in [1.165, 1.54) is 11.3 Å². The molecule has 0 radical (unpaired) electrons. The van der Waals surface area contributed by atoms with Crippen molar-refractivity contribution in [1.82, 2.24) is 18.6 Å². The van der Waals surface area contributed by atoms with E-state index in [9.17, 15) is 4.79 Å². The van der Waals surface area contributed by atoms with Crippen LogP contribution in [0, 0.1) is 0 Å². The van der Waals surface area contributed by atoms with Crippen LogP contribution in [0.1, 0.15) is 16.9 Å². The van der Waals surface area contributed by atoms with Gasteiger partial charge in [0.15, 0.2) is 0 Å². The van der Waals surface area contributed by atoms with Gasteiger partial charge in [-0.05, 0) is 0 Å². The maximum atomic E-state index is 12.0. The van der Waals surface area contributed by atoms with Crippen molar-refractivity contribution in [2.75, 3.05) is 13.1 Å². The summed E-state index contributed by atoms with van der Waals surface area (Å²) in [5, 5.41) is 1.76. The molecule has 0 spiro atoms. The Kier molecular flexibility index (Phi) is 3.20. The number of hydrogen-bond donors (Lipinski definition) is 0. The molecule has 94 valence electrons. The van der Waals surface area contributed by atoms with Gasteiger partial charge in [-0.25, -0.2) is 4.98 Å². The molecule has 3 heterocycles. The first-order valence-electron chi connectivity index (χ1n) is 5.44. The second-order valence-corrected chi connectivity index (χ2v) is 5.17. The lowest BCUT2D eigenvalue weighted by molar-refractivity contribution is 0.0766. The maximum absolute atomic E-state index is 12.0. The number of carbonyl (C=O) groups is 1. The highest BCUT2D eigenvalue weighted by molar-refractivity contribution is 7.07. The fourth-order valence-corrected chi connectivity index (χ4v) is 2.75. The van der Waals surface area contributed by atoms with Gasteiger partial charge in [0.2, 0.25) is 5.88 Å². The van der Waals surface area contributed by atoms with Crippen molar-refractivity contribution in [2.45, 2.75) is 12.5 Å². The molecule has 1 unspecified atom stereocenters. The van der Waals surface area contributed by atoms with E-state index >= 15 is 0 Å². The van der Waals surface area contributed by atoms with Crippen LogP contribution >= 0.6 is 23.1 Å². The zero-order valence-corrected chi connectivity index (χ0v) is 11.0. The zero-order chi connectivity index (χ0) is 12.4. The number of nitrogens with zero attached hydrogens (tertiary/aromatic N) is 4. The van der Waals surface area contributed by atoms with Crippen LogP contribution in [0.15, 0.2) is 17.1 Å². The van der Waals surface area contributed by atoms with E-state index in [1.54, 1.807) is 22.0 Å². The lowest BCUT2D eigenvalue weighted by atomic mass is 10.3. The molecule has 1 saturated heterocycles. The summed E-state index contributed by atoms with van der Waals surface area (Å²) >= 11 is 2.54. The molecule has 8 heteroatoms. The minimum Gasteiger partial charge on any atom is -0.471 e. The first-order chi connectivity index (χ1) is 8.83. The minimum atomic E-state index is -0.0289. The van der Waals surface area contributed by atoms with Crippen LogP contribution in [0.2, 0.25) is 0 Å². The molecule has 0 saturated carbocycles. The number of rotatable bonds is 3. The molecule has 3 rings (SSSR count). The molecule has 1 amide bonds. The number of ether oxygens (including phenoxy) is 1. The molecule has 18 heavy (non-hydrogen) atoms. The average molecular weight is 282 g/mol. The lowest BCUT2D eigenvalue weighted by Gasteiger charge is -2.15. The van der Waals surface area contributed by atoms with Gasteiger partial charge >= 0.3 is 0 Å². The number of carbonyl (C=O) groups excluding carboxylic acids is 1. The Bertz CT molecular complexity index is 514. The number of aromatic nitrogens is 3. The van der Waals surface area contributed by atoms with Crippen LogP contribution < -0.4 is 4.74 Å². The molecule has 0 aromatic carbocycles. The second kappa shape index (κ2) is 4.99. The van der Waals surface area contributed by atoms with E-state index in [2.05, 4.69) is 13.7 Å². The highest BCUT2D eigenvalue weighted by Gasteiger charge is 2.29. The van der Waals surface area contributed by atoms with Crippen molar-refractivity contribution in [1.29, 1.82) is 0 Å². The molecule has 1 fully saturated rings. The molecule has 0 bridgehead atoms. The Morgan fingerprint density at radius 1 is 1.56 bits per heavy atom. The van der Waals surface area contributed by atoms with Crippen molar-refractivity contribution in [3.63, 3.8) is 0 Å². The molecule has 6 nitrogen and oxygen atoms in total. The fraction of sp³-hybridized carbons (Fsp3) is 0.400. The minimum absolute atomic E-state index is 0.00325. The van der Waals surface area contributed by atoms with Gasteiger partial charge in [0, 0.05) is 18.3 Å². The summed E-state index contributed by atoms with van der Waals surface area (Å²) in [6, 6.07) is 0. The van der Waals surface area contributed by atoms with Crippen molar-refractivity contribution in [3.8, 4) is 5.88 Å². The Hall–Kier alpha value is -1.54. The van der Waals surface area contributed by atoms with E-state index in [4.69, 9.17) is 4.74 Å². The Labute approximate surface area is 112 Å². The first kappa shape index (κ1) is 11.5. The van der Waals surface area contributed by atoms with Crippen LogP contribution in [0.5, 0.6) is 5.88 Å². The fourth-order valence-electron chi connectivity index (χ4n) is 1.87. The van der Waals surface area contributed by atoms with E-state index in [0.717, 1.165) is 18.1 Å². The van der Waals surface area contributed by atoms with Crippen LogP contribution in [-0.4, -0.2) is 43.7 Å². The standard InChI is InChI=1S/C10H10N4O2S2/c15-10(8-5-17-6-11-8)14-2-1-7(4-14)16-9-3-12-18-13-9/h3,5-7H,1-2,4H2. The van der Waals surface area contributed by atoms with Crippen molar-refractivity contribution < 1.29 is 9.53 Å². The predicted octanol–water partition coefficient (Wildman–Crippen LogP) is 1.29. The van der Waals surface area contributed by atoms with E-state index in [1.807, 2.05) is 0 Å². The van der Waals surface area contributed by atoms with Gasteiger partial charge in [-0.3, -0.25) is 4.79 Å². The third-order valence-corrected chi connectivity index (χ3v) is 3.76. The molecule has 1 aliphatic heterocycles. The summed E-state index contributed by atoms with van der Waals surface area (Å²) in [4.78, 5) is 17.8. The van der Waals surface area contributed by atoms with Crippen LogP contribution in [-0.2, 0) is 0 Å². The molecule has 1 aliphatic rings. The van der Waals surface area contributed by atoms with Gasteiger partial charge in [0.1, 0.15) is 18.0 Å². The van der Waals surface area contributed by atoms with Crippen LogP contribution in [0.25, 0.3) is 0 Å². The lowest BCUT2D eigenvalue weighted by Crippen LogP contribution is -2.31. The molecule has 1 atom stereocenters. The molecular weight excluding hydrogens is 272 g/mol. The Morgan fingerprint density at radius 3 is 3.22 bits per heavy atom. The average Bonchev–Trinajstić information content (AvgIpc) is 3.11. The molecule has 0 N–H and O–H groups in total. The van der Waals surface area contributed by atoms with E-state index < -0.39 is 0 Å². The maximum Gasteiger partial charge on any atom is 0.273 e. The quantitative estimate of drug-likeness (QED) is 0.848. The van der Waals surface area contributed by atoms with E-state index in [0.29, 0.717) is 24.7 Å². The normalized spacial score (nSPS) is 19.1. The zero-order valence-electron chi connectivity index (χ0n) is 9.35. The van der Waals surface area contributed by atoms with Gasteiger partial charge in [0.25, 0.3) is 5.91 Å².